The fourth-order valence-electron chi connectivity index (χ4n) is 3.53. The van der Waals surface area contributed by atoms with Gasteiger partial charge in [-0.2, -0.15) is 4.52 Å². The predicted octanol–water partition coefficient (Wildman–Crippen LogP) is 8.09. The van der Waals surface area contributed by atoms with Gasteiger partial charge in [0.15, 0.2) is 5.75 Å². The molecule has 6 N–H and O–H groups in total. The van der Waals surface area contributed by atoms with Crippen LogP contribution >= 0.6 is 24.6 Å². The van der Waals surface area contributed by atoms with Crippen LogP contribution in [-0.4, -0.2) is 27.5 Å². The first-order valence-electron chi connectivity index (χ1n) is 13.4. The number of nitrogen functional groups attached to an aromatic ring is 3. The molecule has 0 bridgehead atoms. The molecule has 3 aromatic rings. The molecule has 0 amide bonds. The normalized spacial score (nSPS) is 19.2. The fraction of sp³-hybridized carbons (Fsp3) is 0.333. The van der Waals surface area contributed by atoms with Crippen LogP contribution in [-0.2, 0) is 13.9 Å². The summed E-state index contributed by atoms with van der Waals surface area (Å²) in [6.07, 6.45) is -0.909. The maximum Gasteiger partial charge on any atom is 0.347 e. The van der Waals surface area contributed by atoms with E-state index < -0.39 is 24.6 Å². The molecular formula is C27H39N6O6P3. The highest BCUT2D eigenvalue weighted by atomic mass is 31.3. The van der Waals surface area contributed by atoms with Crippen molar-refractivity contribution in [3.8, 4) is 17.2 Å². The van der Waals surface area contributed by atoms with E-state index in [0.717, 1.165) is 0 Å². The van der Waals surface area contributed by atoms with Crippen LogP contribution in [0.4, 0.5) is 17.1 Å². The van der Waals surface area contributed by atoms with Crippen molar-refractivity contribution in [1.82, 2.24) is 9.21 Å². The topological polar surface area (TPSA) is 152 Å². The van der Waals surface area contributed by atoms with Crippen LogP contribution in [0, 0.1) is 0 Å². The largest absolute Gasteiger partial charge is 0.439 e. The van der Waals surface area contributed by atoms with E-state index in [4.69, 9.17) is 49.5 Å². The first-order valence-corrected chi connectivity index (χ1v) is 17.3. The average molecular weight is 637 g/mol. The Hall–Kier alpha value is -2.65. The zero-order chi connectivity index (χ0) is 30.4. The second kappa shape index (κ2) is 14.2. The molecule has 1 aliphatic heterocycles. The van der Waals surface area contributed by atoms with Crippen LogP contribution in [0.15, 0.2) is 77.3 Å². The van der Waals surface area contributed by atoms with Crippen molar-refractivity contribution in [2.24, 2.45) is 4.52 Å². The summed E-state index contributed by atoms with van der Waals surface area (Å²) in [5.74, 6) is 1.17. The van der Waals surface area contributed by atoms with Gasteiger partial charge in [0.05, 0.1) is 35.4 Å². The van der Waals surface area contributed by atoms with Crippen LogP contribution in [0.1, 0.15) is 41.5 Å². The average Bonchev–Trinajstić information content (AvgIpc) is 2.91. The summed E-state index contributed by atoms with van der Waals surface area (Å²) in [7, 11) is -7.59. The molecule has 3 aromatic carbocycles. The van der Waals surface area contributed by atoms with Gasteiger partial charge in [-0.05, 0) is 82.5 Å². The highest BCUT2D eigenvalue weighted by Gasteiger charge is 2.56. The molecule has 0 saturated carbocycles. The standard InChI is InChI=1S/C27H39N6O6P3/c1-19(2)34-33-41(37-27-18-12-9-15-24(27)30)32(35-25-16-10-7-13-22(25)28)40(36-26-17-11-8-14-23(26)29)31-42(33,38-20(3)4)39-21(5)6/h7-21H,28-30H2,1-6H3. The third kappa shape index (κ3) is 7.84. The van der Waals surface area contributed by atoms with Gasteiger partial charge in [0, 0.05) is 4.60 Å². The number of benzene rings is 3. The van der Waals surface area contributed by atoms with Crippen molar-refractivity contribution in [3.05, 3.63) is 72.8 Å². The van der Waals surface area contributed by atoms with Gasteiger partial charge in [0.25, 0.3) is 0 Å². The zero-order valence-corrected chi connectivity index (χ0v) is 27.2. The summed E-state index contributed by atoms with van der Waals surface area (Å²) in [5.41, 5.74) is 20.2. The van der Waals surface area contributed by atoms with Crippen molar-refractivity contribution >= 4 is 41.6 Å². The van der Waals surface area contributed by atoms with E-state index in [9.17, 15) is 0 Å². The molecule has 12 nitrogen and oxygen atoms in total. The summed E-state index contributed by atoms with van der Waals surface area (Å²) in [6.45, 7) is 11.4. The summed E-state index contributed by atoms with van der Waals surface area (Å²) in [4.78, 5) is 12.9. The second-order valence-electron chi connectivity index (χ2n) is 9.94. The fourth-order valence-corrected chi connectivity index (χ4v) is 11.7. The minimum absolute atomic E-state index is 0.298. The number of hydrogen-bond donors (Lipinski definition) is 3. The molecule has 2 unspecified atom stereocenters. The van der Waals surface area contributed by atoms with Crippen molar-refractivity contribution in [3.63, 3.8) is 0 Å². The van der Waals surface area contributed by atoms with Crippen LogP contribution in [0.2, 0.25) is 0 Å². The second-order valence-corrected chi connectivity index (χ2v) is 15.5. The van der Waals surface area contributed by atoms with Gasteiger partial charge < -0.3 is 40.1 Å². The summed E-state index contributed by atoms with van der Waals surface area (Å²) >= 11 is 0. The number of anilines is 3. The smallest absolute Gasteiger partial charge is 0.347 e. The SMILES string of the molecule is CC(C)ON1P(Oc2ccccc2N)N(Oc2ccccc2N)P(Oc2ccccc2N)N=P1(OC(C)C)OC(C)C. The van der Waals surface area contributed by atoms with Crippen molar-refractivity contribution in [2.75, 3.05) is 17.2 Å². The van der Waals surface area contributed by atoms with E-state index in [1.54, 1.807) is 41.0 Å². The van der Waals surface area contributed by atoms with Gasteiger partial charge >= 0.3 is 24.6 Å². The maximum atomic E-state index is 6.65. The molecule has 4 rings (SSSR count). The molecule has 0 radical (unpaired) electrons. The molecule has 0 spiro atoms. The lowest BCUT2D eigenvalue weighted by molar-refractivity contribution is -0.0906. The first-order chi connectivity index (χ1) is 20.0. The third-order valence-electron chi connectivity index (χ3n) is 5.14. The lowest BCUT2D eigenvalue weighted by Crippen LogP contribution is -2.36. The summed E-state index contributed by atoms with van der Waals surface area (Å²) in [6, 6.07) is 21.4. The Bertz CT molecular complexity index is 1380. The molecule has 0 aliphatic carbocycles. The van der Waals surface area contributed by atoms with Gasteiger partial charge in [0.2, 0.25) is 0 Å². The Morgan fingerprint density at radius 3 is 1.55 bits per heavy atom. The molecule has 0 aromatic heterocycles. The van der Waals surface area contributed by atoms with Crippen LogP contribution in [0.5, 0.6) is 17.2 Å². The third-order valence-corrected chi connectivity index (χ3v) is 12.5. The van der Waals surface area contributed by atoms with Crippen LogP contribution in [0.25, 0.3) is 0 Å². The molecule has 15 heteroatoms. The Labute approximate surface area is 250 Å². The molecule has 0 saturated heterocycles. The van der Waals surface area contributed by atoms with Gasteiger partial charge in [0.1, 0.15) is 11.5 Å². The van der Waals surface area contributed by atoms with Crippen LogP contribution < -0.4 is 31.1 Å². The lowest BCUT2D eigenvalue weighted by atomic mass is 10.3. The molecule has 1 aliphatic rings. The highest BCUT2D eigenvalue weighted by Crippen LogP contribution is 2.79. The predicted molar refractivity (Wildman–Crippen MR) is 170 cm³/mol. The van der Waals surface area contributed by atoms with E-state index in [-0.39, 0.29) is 18.3 Å². The quantitative estimate of drug-likeness (QED) is 0.131. The van der Waals surface area contributed by atoms with E-state index in [1.165, 1.54) is 4.60 Å². The Morgan fingerprint density at radius 2 is 1.10 bits per heavy atom. The molecule has 2 atom stereocenters. The van der Waals surface area contributed by atoms with Crippen molar-refractivity contribution in [2.45, 2.75) is 59.9 Å². The van der Waals surface area contributed by atoms with Crippen molar-refractivity contribution in [1.29, 1.82) is 0 Å². The van der Waals surface area contributed by atoms with Gasteiger partial charge in [-0.1, -0.05) is 36.4 Å². The van der Waals surface area contributed by atoms with Gasteiger partial charge in [-0.15, -0.1) is 0 Å². The number of hydrogen-bond acceptors (Lipinski definition) is 12. The van der Waals surface area contributed by atoms with Gasteiger partial charge in [-0.3, -0.25) is 4.84 Å². The van der Waals surface area contributed by atoms with Gasteiger partial charge in [-0.25, -0.2) is 0 Å². The van der Waals surface area contributed by atoms with Crippen molar-refractivity contribution < 1.29 is 27.8 Å². The molecular weight excluding hydrogens is 597 g/mol. The first kappa shape index (κ1) is 32.3. The summed E-state index contributed by atoms with van der Waals surface area (Å²) < 4.78 is 34.4. The molecule has 1 heterocycles. The minimum Gasteiger partial charge on any atom is -0.439 e. The van der Waals surface area contributed by atoms with Crippen LogP contribution in [0.3, 0.4) is 0 Å². The number of para-hydroxylation sites is 6. The Balaban J connectivity index is 1.98. The lowest BCUT2D eigenvalue weighted by Gasteiger charge is -2.46. The highest BCUT2D eigenvalue weighted by molar-refractivity contribution is 7.78. The Morgan fingerprint density at radius 1 is 0.643 bits per heavy atom. The molecule has 42 heavy (non-hydrogen) atoms. The van der Waals surface area contributed by atoms with E-state index in [2.05, 4.69) is 0 Å². The minimum atomic E-state index is -3.43. The number of nitrogens with two attached hydrogens (primary N) is 3. The van der Waals surface area contributed by atoms with E-state index >= 15 is 0 Å². The van der Waals surface area contributed by atoms with E-state index in [1.807, 2.05) is 77.9 Å². The maximum absolute atomic E-state index is 6.65. The monoisotopic (exact) mass is 636 g/mol. The Kier molecular flexibility index (Phi) is 10.9. The number of rotatable bonds is 12. The number of nitrogens with zero attached hydrogens (tertiary/aromatic N) is 3. The van der Waals surface area contributed by atoms with E-state index in [0.29, 0.717) is 34.3 Å². The summed E-state index contributed by atoms with van der Waals surface area (Å²) in [5, 5.41) is 0. The molecule has 228 valence electrons. The zero-order valence-electron chi connectivity index (χ0n) is 24.5. The molecule has 0 fully saturated rings.